The van der Waals surface area contributed by atoms with E-state index in [9.17, 15) is 4.79 Å². The summed E-state index contributed by atoms with van der Waals surface area (Å²) in [4.78, 5) is 12.2. The lowest BCUT2D eigenvalue weighted by atomic mass is 10.1. The van der Waals surface area contributed by atoms with Crippen molar-refractivity contribution in [1.29, 1.82) is 0 Å². The molecule has 0 aliphatic carbocycles. The van der Waals surface area contributed by atoms with Crippen molar-refractivity contribution in [2.45, 2.75) is 6.92 Å². The Hall–Kier alpha value is -3.41. The van der Waals surface area contributed by atoms with Crippen LogP contribution in [0.2, 0.25) is 0 Å². The molecule has 1 aromatic heterocycles. The second kappa shape index (κ2) is 7.65. The summed E-state index contributed by atoms with van der Waals surface area (Å²) in [6.07, 6.45) is 0. The van der Waals surface area contributed by atoms with E-state index in [0.717, 1.165) is 11.1 Å². The monoisotopic (exact) mass is 350 g/mol. The second-order valence-corrected chi connectivity index (χ2v) is 5.53. The topological polar surface area (TPSA) is 70.5 Å². The summed E-state index contributed by atoms with van der Waals surface area (Å²) in [5.74, 6) is 0.982. The van der Waals surface area contributed by atoms with Gasteiger partial charge in [-0.25, -0.2) is 4.79 Å². The third-order valence-electron chi connectivity index (χ3n) is 3.88. The maximum Gasteiger partial charge on any atom is 0.345 e. The Morgan fingerprint density at radius 2 is 1.73 bits per heavy atom. The molecule has 0 fully saturated rings. The molecule has 26 heavy (non-hydrogen) atoms. The number of hydrogen-bond acceptors (Lipinski definition) is 6. The predicted molar refractivity (Wildman–Crippen MR) is 96.7 cm³/mol. The quantitative estimate of drug-likeness (QED) is 0.654. The Kier molecular flexibility index (Phi) is 5.12. The van der Waals surface area contributed by atoms with Crippen molar-refractivity contribution in [1.82, 2.24) is 10.2 Å². The van der Waals surface area contributed by atoms with Gasteiger partial charge in [-0.05, 0) is 42.8 Å². The van der Waals surface area contributed by atoms with Crippen molar-refractivity contribution in [2.75, 3.05) is 14.2 Å². The molecule has 6 nitrogen and oxygen atoms in total. The lowest BCUT2D eigenvalue weighted by Gasteiger charge is -2.10. The molecular formula is C20H18N2O4. The molecule has 0 atom stereocenters. The summed E-state index contributed by atoms with van der Waals surface area (Å²) in [7, 11) is 3.17. The van der Waals surface area contributed by atoms with Gasteiger partial charge in [0.25, 0.3) is 0 Å². The number of aromatic nitrogens is 2. The van der Waals surface area contributed by atoms with E-state index in [4.69, 9.17) is 14.2 Å². The molecule has 0 aliphatic heterocycles. The van der Waals surface area contributed by atoms with E-state index in [0.29, 0.717) is 22.8 Å². The number of benzene rings is 2. The third-order valence-corrected chi connectivity index (χ3v) is 3.88. The summed E-state index contributed by atoms with van der Waals surface area (Å²) in [6, 6.07) is 15.9. The first-order valence-corrected chi connectivity index (χ1v) is 7.96. The van der Waals surface area contributed by atoms with Crippen molar-refractivity contribution >= 4 is 5.97 Å². The normalized spacial score (nSPS) is 10.3. The Morgan fingerprint density at radius 1 is 0.923 bits per heavy atom. The van der Waals surface area contributed by atoms with Crippen LogP contribution in [0.1, 0.15) is 15.9 Å². The minimum atomic E-state index is -0.468. The molecule has 1 heterocycles. The van der Waals surface area contributed by atoms with E-state index in [1.165, 1.54) is 0 Å². The molecule has 0 amide bonds. The fourth-order valence-corrected chi connectivity index (χ4v) is 2.48. The first kappa shape index (κ1) is 17.4. The van der Waals surface area contributed by atoms with Crippen LogP contribution >= 0.6 is 0 Å². The van der Waals surface area contributed by atoms with Gasteiger partial charge in [-0.15, -0.1) is 10.2 Å². The van der Waals surface area contributed by atoms with Gasteiger partial charge in [0.2, 0.25) is 5.88 Å². The summed E-state index contributed by atoms with van der Waals surface area (Å²) < 4.78 is 15.9. The Balaban J connectivity index is 1.83. The molecule has 3 rings (SSSR count). The Labute approximate surface area is 151 Å². The minimum Gasteiger partial charge on any atom is -0.497 e. The highest BCUT2D eigenvalue weighted by Gasteiger charge is 2.14. The fourth-order valence-electron chi connectivity index (χ4n) is 2.48. The first-order chi connectivity index (χ1) is 12.6. The average Bonchev–Trinajstić information content (AvgIpc) is 2.68. The summed E-state index contributed by atoms with van der Waals surface area (Å²) in [5.41, 5.74) is 2.64. The predicted octanol–water partition coefficient (Wildman–Crippen LogP) is 3.69. The molecule has 3 aromatic rings. The standard InChI is InChI=1S/C20H18N2O4/c1-13-6-4-5-7-15(13)20(23)26-19-11-9-17(21-22-19)16-12-14(24-2)8-10-18(16)25-3/h4-12H,1-3H3. The van der Waals surface area contributed by atoms with Crippen LogP contribution in [0.25, 0.3) is 11.3 Å². The van der Waals surface area contributed by atoms with Crippen LogP contribution < -0.4 is 14.2 Å². The lowest BCUT2D eigenvalue weighted by molar-refractivity contribution is 0.0725. The van der Waals surface area contributed by atoms with E-state index in [1.54, 1.807) is 50.6 Å². The van der Waals surface area contributed by atoms with Gasteiger partial charge in [0.1, 0.15) is 11.5 Å². The van der Waals surface area contributed by atoms with Gasteiger partial charge in [0, 0.05) is 11.6 Å². The van der Waals surface area contributed by atoms with Crippen molar-refractivity contribution in [3.05, 3.63) is 65.7 Å². The number of carbonyl (C=O) groups is 1. The molecular weight excluding hydrogens is 332 g/mol. The van der Waals surface area contributed by atoms with E-state index >= 15 is 0 Å². The number of ether oxygens (including phenoxy) is 3. The molecule has 0 radical (unpaired) electrons. The zero-order valence-electron chi connectivity index (χ0n) is 14.7. The van der Waals surface area contributed by atoms with Gasteiger partial charge in [0.15, 0.2) is 0 Å². The number of esters is 1. The van der Waals surface area contributed by atoms with Crippen molar-refractivity contribution in [3.63, 3.8) is 0 Å². The summed E-state index contributed by atoms with van der Waals surface area (Å²) in [5, 5.41) is 8.13. The fraction of sp³-hybridized carbons (Fsp3) is 0.150. The first-order valence-electron chi connectivity index (χ1n) is 7.96. The lowest BCUT2D eigenvalue weighted by Crippen LogP contribution is -2.11. The summed E-state index contributed by atoms with van der Waals surface area (Å²) in [6.45, 7) is 1.85. The SMILES string of the molecule is COc1ccc(OC)c(-c2ccc(OC(=O)c3ccccc3C)nn2)c1. The number of rotatable bonds is 5. The van der Waals surface area contributed by atoms with Gasteiger partial charge in [-0.1, -0.05) is 18.2 Å². The molecule has 6 heteroatoms. The van der Waals surface area contributed by atoms with E-state index in [-0.39, 0.29) is 5.88 Å². The highest BCUT2D eigenvalue weighted by Crippen LogP contribution is 2.32. The maximum absolute atomic E-state index is 12.2. The molecule has 0 unspecified atom stereocenters. The summed E-state index contributed by atoms with van der Waals surface area (Å²) >= 11 is 0. The van der Waals surface area contributed by atoms with Crippen molar-refractivity contribution in [3.8, 4) is 28.6 Å². The number of methoxy groups -OCH3 is 2. The molecule has 0 saturated heterocycles. The number of nitrogens with zero attached hydrogens (tertiary/aromatic N) is 2. The highest BCUT2D eigenvalue weighted by atomic mass is 16.5. The smallest absolute Gasteiger partial charge is 0.345 e. The zero-order valence-corrected chi connectivity index (χ0v) is 14.7. The van der Waals surface area contributed by atoms with Crippen LogP contribution in [0.3, 0.4) is 0 Å². The molecule has 0 aliphatic rings. The molecule has 0 spiro atoms. The molecule has 2 aromatic carbocycles. The van der Waals surface area contributed by atoms with Crippen LogP contribution in [0, 0.1) is 6.92 Å². The van der Waals surface area contributed by atoms with E-state index in [2.05, 4.69) is 10.2 Å². The second-order valence-electron chi connectivity index (χ2n) is 5.53. The Bertz CT molecular complexity index is 923. The van der Waals surface area contributed by atoms with Crippen LogP contribution in [-0.4, -0.2) is 30.4 Å². The number of aryl methyl sites for hydroxylation is 1. The maximum atomic E-state index is 12.2. The Morgan fingerprint density at radius 3 is 2.38 bits per heavy atom. The largest absolute Gasteiger partial charge is 0.497 e. The average molecular weight is 350 g/mol. The van der Waals surface area contributed by atoms with Crippen LogP contribution in [0.15, 0.2) is 54.6 Å². The van der Waals surface area contributed by atoms with E-state index < -0.39 is 5.97 Å². The van der Waals surface area contributed by atoms with Gasteiger partial charge < -0.3 is 14.2 Å². The number of carbonyl (C=O) groups excluding carboxylic acids is 1. The van der Waals surface area contributed by atoms with E-state index in [1.807, 2.05) is 25.1 Å². The van der Waals surface area contributed by atoms with Crippen LogP contribution in [0.5, 0.6) is 17.4 Å². The van der Waals surface area contributed by atoms with Gasteiger partial charge in [-0.2, -0.15) is 0 Å². The zero-order chi connectivity index (χ0) is 18.5. The van der Waals surface area contributed by atoms with Crippen LogP contribution in [-0.2, 0) is 0 Å². The van der Waals surface area contributed by atoms with Gasteiger partial charge in [0.05, 0.1) is 25.5 Å². The highest BCUT2D eigenvalue weighted by molar-refractivity contribution is 5.92. The van der Waals surface area contributed by atoms with Crippen LogP contribution in [0.4, 0.5) is 0 Å². The van der Waals surface area contributed by atoms with Crippen molar-refractivity contribution < 1.29 is 19.0 Å². The molecule has 0 bridgehead atoms. The van der Waals surface area contributed by atoms with Gasteiger partial charge >= 0.3 is 5.97 Å². The number of hydrogen-bond donors (Lipinski definition) is 0. The van der Waals surface area contributed by atoms with Crippen molar-refractivity contribution in [2.24, 2.45) is 0 Å². The third kappa shape index (κ3) is 3.64. The minimum absolute atomic E-state index is 0.129. The van der Waals surface area contributed by atoms with Gasteiger partial charge in [-0.3, -0.25) is 0 Å². The molecule has 0 N–H and O–H groups in total. The molecule has 132 valence electrons. The molecule has 0 saturated carbocycles.